The second-order valence-electron chi connectivity index (χ2n) is 4.84. The van der Waals surface area contributed by atoms with Gasteiger partial charge in [0.25, 0.3) is 0 Å². The first kappa shape index (κ1) is 14.1. The standard InChI is InChI=1S/C14H12F3N3S/c15-14(16,17)11-5-3-10(4-6-11)12-8-21-13(19-12)20-18-7-9-1-2-9/h3-9H,1-2H2,(H,19,20)/b18-7+. The summed E-state index contributed by atoms with van der Waals surface area (Å²) in [6.45, 7) is 0. The lowest BCUT2D eigenvalue weighted by Gasteiger charge is -2.06. The van der Waals surface area contributed by atoms with E-state index in [9.17, 15) is 13.2 Å². The molecule has 1 aromatic carbocycles. The van der Waals surface area contributed by atoms with Crippen molar-refractivity contribution in [3.05, 3.63) is 35.2 Å². The first-order chi connectivity index (χ1) is 10.0. The zero-order valence-corrected chi connectivity index (χ0v) is 11.7. The van der Waals surface area contributed by atoms with Gasteiger partial charge in [-0.05, 0) is 30.9 Å². The topological polar surface area (TPSA) is 37.3 Å². The van der Waals surface area contributed by atoms with Crippen molar-refractivity contribution >= 4 is 22.7 Å². The third-order valence-electron chi connectivity index (χ3n) is 3.08. The highest BCUT2D eigenvalue weighted by Gasteiger charge is 2.30. The fourth-order valence-corrected chi connectivity index (χ4v) is 2.40. The molecular formula is C14H12F3N3S. The van der Waals surface area contributed by atoms with E-state index >= 15 is 0 Å². The molecule has 0 amide bonds. The van der Waals surface area contributed by atoms with E-state index in [1.807, 2.05) is 6.21 Å². The van der Waals surface area contributed by atoms with Crippen LogP contribution < -0.4 is 5.43 Å². The molecule has 1 fully saturated rings. The molecule has 3 rings (SSSR count). The van der Waals surface area contributed by atoms with Crippen molar-refractivity contribution in [3.63, 3.8) is 0 Å². The van der Waals surface area contributed by atoms with Crippen LogP contribution in [0.5, 0.6) is 0 Å². The summed E-state index contributed by atoms with van der Waals surface area (Å²) in [6, 6.07) is 4.98. The predicted octanol–water partition coefficient (Wildman–Crippen LogP) is 4.64. The van der Waals surface area contributed by atoms with Gasteiger partial charge in [-0.15, -0.1) is 11.3 Å². The second kappa shape index (κ2) is 5.48. The summed E-state index contributed by atoms with van der Waals surface area (Å²) in [6.07, 6.45) is -0.0935. The molecule has 1 aromatic heterocycles. The number of anilines is 1. The molecule has 0 aliphatic heterocycles. The first-order valence-electron chi connectivity index (χ1n) is 6.45. The molecule has 1 saturated carbocycles. The van der Waals surface area contributed by atoms with Crippen molar-refractivity contribution in [3.8, 4) is 11.3 Å². The fourth-order valence-electron chi connectivity index (χ4n) is 1.73. The number of hydrazone groups is 1. The molecule has 21 heavy (non-hydrogen) atoms. The van der Waals surface area contributed by atoms with Gasteiger partial charge in [0, 0.05) is 17.2 Å². The molecule has 1 aliphatic carbocycles. The monoisotopic (exact) mass is 311 g/mol. The normalized spacial score (nSPS) is 15.6. The molecule has 1 heterocycles. The van der Waals surface area contributed by atoms with Crippen molar-refractivity contribution in [2.45, 2.75) is 19.0 Å². The van der Waals surface area contributed by atoms with Crippen molar-refractivity contribution in [2.75, 3.05) is 5.43 Å². The van der Waals surface area contributed by atoms with Crippen LogP contribution >= 0.6 is 11.3 Å². The summed E-state index contributed by atoms with van der Waals surface area (Å²) >= 11 is 1.37. The zero-order chi connectivity index (χ0) is 14.9. The number of hydrogen-bond acceptors (Lipinski definition) is 4. The van der Waals surface area contributed by atoms with E-state index < -0.39 is 11.7 Å². The molecular weight excluding hydrogens is 299 g/mol. The Bertz CT molecular complexity index is 642. The molecule has 0 radical (unpaired) electrons. The Morgan fingerprint density at radius 1 is 1.24 bits per heavy atom. The Morgan fingerprint density at radius 3 is 2.57 bits per heavy atom. The number of hydrogen-bond donors (Lipinski definition) is 1. The van der Waals surface area contributed by atoms with Crippen LogP contribution in [0.4, 0.5) is 18.3 Å². The fraction of sp³-hybridized carbons (Fsp3) is 0.286. The molecule has 0 unspecified atom stereocenters. The second-order valence-corrected chi connectivity index (χ2v) is 5.70. The molecule has 0 atom stereocenters. The predicted molar refractivity (Wildman–Crippen MR) is 77.4 cm³/mol. The Balaban J connectivity index is 1.70. The average molecular weight is 311 g/mol. The average Bonchev–Trinajstić information content (AvgIpc) is 3.14. The highest BCUT2D eigenvalue weighted by Crippen LogP contribution is 2.32. The zero-order valence-electron chi connectivity index (χ0n) is 10.9. The smallest absolute Gasteiger partial charge is 0.253 e. The summed E-state index contributed by atoms with van der Waals surface area (Å²) in [7, 11) is 0. The Morgan fingerprint density at radius 2 is 1.95 bits per heavy atom. The molecule has 0 saturated heterocycles. The van der Waals surface area contributed by atoms with Crippen LogP contribution in [-0.4, -0.2) is 11.2 Å². The lowest BCUT2D eigenvalue weighted by molar-refractivity contribution is -0.137. The van der Waals surface area contributed by atoms with E-state index in [4.69, 9.17) is 0 Å². The molecule has 7 heteroatoms. The lowest BCUT2D eigenvalue weighted by atomic mass is 10.1. The van der Waals surface area contributed by atoms with Gasteiger partial charge in [-0.3, -0.25) is 5.43 Å². The van der Waals surface area contributed by atoms with Crippen LogP contribution in [0.3, 0.4) is 0 Å². The van der Waals surface area contributed by atoms with Gasteiger partial charge >= 0.3 is 6.18 Å². The van der Waals surface area contributed by atoms with Crippen LogP contribution in [0.25, 0.3) is 11.3 Å². The van der Waals surface area contributed by atoms with Gasteiger partial charge in [0.05, 0.1) is 11.3 Å². The van der Waals surface area contributed by atoms with Gasteiger partial charge < -0.3 is 0 Å². The molecule has 110 valence electrons. The molecule has 0 bridgehead atoms. The number of thiazole rings is 1. The summed E-state index contributed by atoms with van der Waals surface area (Å²) in [5, 5.41) is 6.50. The van der Waals surface area contributed by atoms with Crippen molar-refractivity contribution in [1.29, 1.82) is 0 Å². The quantitative estimate of drug-likeness (QED) is 0.660. The number of nitrogens with zero attached hydrogens (tertiary/aromatic N) is 2. The highest BCUT2D eigenvalue weighted by atomic mass is 32.1. The third kappa shape index (κ3) is 3.60. The Labute approximate surface area is 123 Å². The summed E-state index contributed by atoms with van der Waals surface area (Å²) in [4.78, 5) is 4.30. The van der Waals surface area contributed by atoms with Crippen LogP contribution in [0.1, 0.15) is 18.4 Å². The van der Waals surface area contributed by atoms with E-state index in [0.717, 1.165) is 12.1 Å². The van der Waals surface area contributed by atoms with Crippen LogP contribution in [0.2, 0.25) is 0 Å². The van der Waals surface area contributed by atoms with Gasteiger partial charge in [0.1, 0.15) is 0 Å². The summed E-state index contributed by atoms with van der Waals surface area (Å²) in [5.41, 5.74) is 3.47. The number of aromatic nitrogens is 1. The van der Waals surface area contributed by atoms with Crippen molar-refractivity contribution in [2.24, 2.45) is 11.0 Å². The van der Waals surface area contributed by atoms with Crippen LogP contribution in [0.15, 0.2) is 34.7 Å². The van der Waals surface area contributed by atoms with Gasteiger partial charge in [0.2, 0.25) is 5.13 Å². The van der Waals surface area contributed by atoms with Gasteiger partial charge in [-0.25, -0.2) is 4.98 Å². The first-order valence-corrected chi connectivity index (χ1v) is 7.33. The molecule has 3 nitrogen and oxygen atoms in total. The minimum atomic E-state index is -4.31. The lowest BCUT2D eigenvalue weighted by Crippen LogP contribution is -2.03. The summed E-state index contributed by atoms with van der Waals surface area (Å²) < 4.78 is 37.5. The minimum Gasteiger partial charge on any atom is -0.253 e. The minimum absolute atomic E-state index is 0.576. The number of benzene rings is 1. The maximum absolute atomic E-state index is 12.5. The highest BCUT2D eigenvalue weighted by molar-refractivity contribution is 7.14. The Kier molecular flexibility index (Phi) is 3.67. The van der Waals surface area contributed by atoms with Crippen molar-refractivity contribution < 1.29 is 13.2 Å². The number of nitrogens with one attached hydrogen (secondary N) is 1. The van der Waals surface area contributed by atoms with Gasteiger partial charge in [-0.1, -0.05) is 12.1 Å². The maximum atomic E-state index is 12.5. The summed E-state index contributed by atoms with van der Waals surface area (Å²) in [5.74, 6) is 0.576. The van der Waals surface area contributed by atoms with Gasteiger partial charge in [-0.2, -0.15) is 18.3 Å². The largest absolute Gasteiger partial charge is 0.416 e. The molecule has 1 N–H and O–H groups in total. The molecule has 0 spiro atoms. The van der Waals surface area contributed by atoms with Crippen LogP contribution in [-0.2, 0) is 6.18 Å². The van der Waals surface area contributed by atoms with E-state index in [2.05, 4.69) is 15.5 Å². The van der Waals surface area contributed by atoms with Gasteiger partial charge in [0.15, 0.2) is 0 Å². The number of halogens is 3. The van der Waals surface area contributed by atoms with E-state index in [1.54, 1.807) is 5.38 Å². The van der Waals surface area contributed by atoms with E-state index in [0.29, 0.717) is 22.3 Å². The Hall–Kier alpha value is -1.89. The third-order valence-corrected chi connectivity index (χ3v) is 3.83. The van der Waals surface area contributed by atoms with Crippen LogP contribution in [0, 0.1) is 5.92 Å². The van der Waals surface area contributed by atoms with Crippen molar-refractivity contribution in [1.82, 2.24) is 4.98 Å². The molecule has 1 aliphatic rings. The number of rotatable bonds is 4. The SMILES string of the molecule is FC(F)(F)c1ccc(-c2csc(N/N=C/C3CC3)n2)cc1. The van der Waals surface area contributed by atoms with E-state index in [1.165, 1.54) is 36.3 Å². The number of alkyl halides is 3. The van der Waals surface area contributed by atoms with E-state index in [-0.39, 0.29) is 0 Å². The molecule has 2 aromatic rings. The maximum Gasteiger partial charge on any atom is 0.416 e.